The molecule has 0 aromatic heterocycles. The minimum atomic E-state index is -0.455. The topological polar surface area (TPSA) is 60.2 Å². The number of nitrogens with zero attached hydrogens (tertiary/aromatic N) is 1. The summed E-state index contributed by atoms with van der Waals surface area (Å²) in [5.41, 5.74) is 0.523. The summed E-state index contributed by atoms with van der Waals surface area (Å²) in [5.74, 6) is 0.167. The van der Waals surface area contributed by atoms with Gasteiger partial charge in [-0.3, -0.25) is 14.9 Å². The number of ketones is 1. The van der Waals surface area contributed by atoms with E-state index in [0.29, 0.717) is 10.6 Å². The molecule has 0 amide bonds. The molecule has 0 atom stereocenters. The largest absolute Gasteiger partial charge is 0.293 e. The minimum Gasteiger partial charge on any atom is -0.293 e. The molecule has 0 spiro atoms. The van der Waals surface area contributed by atoms with Crippen LogP contribution in [0, 0.1) is 10.1 Å². The highest BCUT2D eigenvalue weighted by Gasteiger charge is 2.11. The first-order valence-electron chi connectivity index (χ1n) is 5.73. The summed E-state index contributed by atoms with van der Waals surface area (Å²) in [7, 11) is 0. The van der Waals surface area contributed by atoms with Crippen LogP contribution < -0.4 is 0 Å². The van der Waals surface area contributed by atoms with Crippen LogP contribution in [0.15, 0.2) is 53.4 Å². The highest BCUT2D eigenvalue weighted by Crippen LogP contribution is 2.24. The molecule has 2 aromatic carbocycles. The normalized spacial score (nSPS) is 10.2. The van der Waals surface area contributed by atoms with Crippen molar-refractivity contribution in [1.29, 1.82) is 0 Å². The standard InChI is InChI=1S/C14H10ClNO3S/c15-13-4-2-1-3-12(13)14(17)9-20-11-7-5-10(6-8-11)16(18)19/h1-8H,9H2. The number of hydrogen-bond acceptors (Lipinski definition) is 4. The van der Waals surface area contributed by atoms with E-state index < -0.39 is 4.92 Å². The number of halogens is 1. The van der Waals surface area contributed by atoms with E-state index in [1.54, 1.807) is 36.4 Å². The first-order chi connectivity index (χ1) is 9.58. The number of benzene rings is 2. The Hall–Kier alpha value is -1.85. The second kappa shape index (κ2) is 6.54. The molecule has 0 aliphatic carbocycles. The second-order valence-electron chi connectivity index (χ2n) is 3.94. The Balaban J connectivity index is 2.00. The number of non-ortho nitro benzene ring substituents is 1. The number of nitro groups is 1. The first kappa shape index (κ1) is 14.6. The van der Waals surface area contributed by atoms with Crippen molar-refractivity contribution in [2.24, 2.45) is 0 Å². The van der Waals surface area contributed by atoms with Crippen LogP contribution in [0.4, 0.5) is 5.69 Å². The maximum absolute atomic E-state index is 12.0. The van der Waals surface area contributed by atoms with Crippen molar-refractivity contribution in [2.45, 2.75) is 4.90 Å². The molecule has 0 aliphatic rings. The Kier molecular flexibility index (Phi) is 4.76. The van der Waals surface area contributed by atoms with E-state index in [4.69, 9.17) is 11.6 Å². The summed E-state index contributed by atoms with van der Waals surface area (Å²) in [4.78, 5) is 22.9. The van der Waals surface area contributed by atoms with Crippen molar-refractivity contribution in [3.8, 4) is 0 Å². The van der Waals surface area contributed by atoms with Crippen LogP contribution in [-0.4, -0.2) is 16.5 Å². The van der Waals surface area contributed by atoms with Crippen molar-refractivity contribution in [3.63, 3.8) is 0 Å². The Morgan fingerprint density at radius 2 is 1.80 bits per heavy atom. The molecule has 6 heteroatoms. The number of carbonyl (C=O) groups excluding carboxylic acids is 1. The van der Waals surface area contributed by atoms with Crippen LogP contribution in [0.5, 0.6) is 0 Å². The molecule has 102 valence electrons. The first-order valence-corrected chi connectivity index (χ1v) is 7.09. The van der Waals surface area contributed by atoms with E-state index >= 15 is 0 Å². The van der Waals surface area contributed by atoms with Gasteiger partial charge in [0.25, 0.3) is 5.69 Å². The van der Waals surface area contributed by atoms with Gasteiger partial charge in [-0.05, 0) is 24.3 Å². The lowest BCUT2D eigenvalue weighted by Gasteiger charge is -2.03. The smallest absolute Gasteiger partial charge is 0.269 e. The van der Waals surface area contributed by atoms with Gasteiger partial charge in [0, 0.05) is 22.6 Å². The third kappa shape index (κ3) is 3.59. The number of nitro benzene ring substituents is 1. The minimum absolute atomic E-state index is 0.0341. The summed E-state index contributed by atoms with van der Waals surface area (Å²) in [6, 6.07) is 13.0. The Morgan fingerprint density at radius 1 is 1.15 bits per heavy atom. The van der Waals surface area contributed by atoms with Crippen LogP contribution in [0.3, 0.4) is 0 Å². The molecule has 0 N–H and O–H groups in total. The van der Waals surface area contributed by atoms with Crippen LogP contribution >= 0.6 is 23.4 Å². The summed E-state index contributed by atoms with van der Waals surface area (Å²) in [6.45, 7) is 0. The van der Waals surface area contributed by atoms with E-state index in [0.717, 1.165) is 4.90 Å². The van der Waals surface area contributed by atoms with Gasteiger partial charge in [0.1, 0.15) is 0 Å². The van der Waals surface area contributed by atoms with Crippen molar-refractivity contribution in [3.05, 3.63) is 69.2 Å². The van der Waals surface area contributed by atoms with Gasteiger partial charge >= 0.3 is 0 Å². The van der Waals surface area contributed by atoms with E-state index in [1.165, 1.54) is 23.9 Å². The molecular weight excluding hydrogens is 298 g/mol. The monoisotopic (exact) mass is 307 g/mol. The number of Topliss-reactive ketones (excluding diaryl/α,β-unsaturated/α-hetero) is 1. The zero-order valence-electron chi connectivity index (χ0n) is 10.3. The van der Waals surface area contributed by atoms with Crippen molar-refractivity contribution in [2.75, 3.05) is 5.75 Å². The third-order valence-corrected chi connectivity index (χ3v) is 3.93. The van der Waals surface area contributed by atoms with Gasteiger partial charge in [-0.15, -0.1) is 11.8 Å². The lowest BCUT2D eigenvalue weighted by molar-refractivity contribution is -0.384. The fourth-order valence-electron chi connectivity index (χ4n) is 1.58. The molecule has 2 rings (SSSR count). The fourth-order valence-corrected chi connectivity index (χ4v) is 2.60. The van der Waals surface area contributed by atoms with Gasteiger partial charge in [0.2, 0.25) is 0 Å². The number of hydrogen-bond donors (Lipinski definition) is 0. The van der Waals surface area contributed by atoms with Crippen molar-refractivity contribution in [1.82, 2.24) is 0 Å². The van der Waals surface area contributed by atoms with Gasteiger partial charge in [-0.2, -0.15) is 0 Å². The van der Waals surface area contributed by atoms with Crippen molar-refractivity contribution >= 4 is 34.8 Å². The molecule has 0 saturated heterocycles. The van der Waals surface area contributed by atoms with Gasteiger partial charge in [0.05, 0.1) is 15.7 Å². The molecule has 0 heterocycles. The zero-order valence-corrected chi connectivity index (χ0v) is 11.9. The maximum Gasteiger partial charge on any atom is 0.269 e. The van der Waals surface area contributed by atoms with Gasteiger partial charge in [0.15, 0.2) is 5.78 Å². The lowest BCUT2D eigenvalue weighted by Crippen LogP contribution is -2.02. The molecule has 0 aliphatic heterocycles. The van der Waals surface area contributed by atoms with Crippen molar-refractivity contribution < 1.29 is 9.72 Å². The van der Waals surface area contributed by atoms with Crippen LogP contribution in [0.25, 0.3) is 0 Å². The van der Waals surface area contributed by atoms with Gasteiger partial charge in [-0.1, -0.05) is 23.7 Å². The summed E-state index contributed by atoms with van der Waals surface area (Å²) < 4.78 is 0. The molecule has 0 bridgehead atoms. The third-order valence-electron chi connectivity index (χ3n) is 2.59. The molecular formula is C14H10ClNO3S. The van der Waals surface area contributed by atoms with E-state index in [2.05, 4.69) is 0 Å². The molecule has 0 radical (unpaired) electrons. The average Bonchev–Trinajstić information content (AvgIpc) is 2.45. The maximum atomic E-state index is 12.0. The van der Waals surface area contributed by atoms with E-state index in [9.17, 15) is 14.9 Å². The Morgan fingerprint density at radius 3 is 2.40 bits per heavy atom. The van der Waals surface area contributed by atoms with Crippen LogP contribution in [-0.2, 0) is 0 Å². The number of thioether (sulfide) groups is 1. The van der Waals surface area contributed by atoms with E-state index in [-0.39, 0.29) is 17.2 Å². The SMILES string of the molecule is O=C(CSc1ccc([N+](=O)[O-])cc1)c1ccccc1Cl. The molecule has 0 saturated carbocycles. The molecule has 2 aromatic rings. The summed E-state index contributed by atoms with van der Waals surface area (Å²) in [6.07, 6.45) is 0. The van der Waals surface area contributed by atoms with Crippen LogP contribution in [0.1, 0.15) is 10.4 Å². The second-order valence-corrected chi connectivity index (χ2v) is 5.40. The molecule has 4 nitrogen and oxygen atoms in total. The fraction of sp³-hybridized carbons (Fsp3) is 0.0714. The summed E-state index contributed by atoms with van der Waals surface area (Å²) in [5, 5.41) is 11.0. The molecule has 0 fully saturated rings. The summed E-state index contributed by atoms with van der Waals surface area (Å²) >= 11 is 7.27. The van der Waals surface area contributed by atoms with Crippen LogP contribution in [0.2, 0.25) is 5.02 Å². The van der Waals surface area contributed by atoms with Gasteiger partial charge < -0.3 is 0 Å². The molecule has 0 unspecified atom stereocenters. The highest BCUT2D eigenvalue weighted by molar-refractivity contribution is 8.00. The number of rotatable bonds is 5. The Bertz CT molecular complexity index is 643. The predicted molar refractivity (Wildman–Crippen MR) is 79.6 cm³/mol. The van der Waals surface area contributed by atoms with Gasteiger partial charge in [-0.25, -0.2) is 0 Å². The Labute approximate surface area is 124 Å². The highest BCUT2D eigenvalue weighted by atomic mass is 35.5. The van der Waals surface area contributed by atoms with E-state index in [1.807, 2.05) is 0 Å². The lowest BCUT2D eigenvalue weighted by atomic mass is 10.1. The predicted octanol–water partition coefficient (Wildman–Crippen LogP) is 4.22. The molecule has 20 heavy (non-hydrogen) atoms. The number of carbonyl (C=O) groups is 1. The average molecular weight is 308 g/mol. The zero-order chi connectivity index (χ0) is 14.5. The quantitative estimate of drug-likeness (QED) is 0.359.